The first kappa shape index (κ1) is 11.7. The van der Waals surface area contributed by atoms with Crippen molar-refractivity contribution in [3.8, 4) is 0 Å². The summed E-state index contributed by atoms with van der Waals surface area (Å²) >= 11 is 0. The molecular formula is C15H21N3. The summed E-state index contributed by atoms with van der Waals surface area (Å²) in [7, 11) is 0. The summed E-state index contributed by atoms with van der Waals surface area (Å²) < 4.78 is 2.08. The van der Waals surface area contributed by atoms with Crippen molar-refractivity contribution in [1.82, 2.24) is 14.7 Å². The molecule has 1 aliphatic carbocycles. The normalized spacial score (nSPS) is 22.7. The van der Waals surface area contributed by atoms with Crippen molar-refractivity contribution in [3.63, 3.8) is 0 Å². The van der Waals surface area contributed by atoms with Crippen LogP contribution in [0.15, 0.2) is 30.6 Å². The van der Waals surface area contributed by atoms with Crippen molar-refractivity contribution in [2.45, 2.75) is 45.7 Å². The maximum absolute atomic E-state index is 4.61. The Kier molecular flexibility index (Phi) is 2.86. The van der Waals surface area contributed by atoms with E-state index in [1.807, 2.05) is 24.4 Å². The Hall–Kier alpha value is -1.35. The SMILES string of the molecule is CC1(C)CCC(NCc2cn3ccccc3n2)C1. The van der Waals surface area contributed by atoms with Gasteiger partial charge in [0.15, 0.2) is 0 Å². The van der Waals surface area contributed by atoms with E-state index in [0.29, 0.717) is 11.5 Å². The van der Waals surface area contributed by atoms with Gasteiger partial charge < -0.3 is 9.72 Å². The molecule has 96 valence electrons. The first-order chi connectivity index (χ1) is 8.62. The van der Waals surface area contributed by atoms with Crippen molar-refractivity contribution in [1.29, 1.82) is 0 Å². The topological polar surface area (TPSA) is 29.3 Å². The zero-order valence-electron chi connectivity index (χ0n) is 11.2. The van der Waals surface area contributed by atoms with E-state index in [2.05, 4.69) is 34.7 Å². The van der Waals surface area contributed by atoms with Crippen molar-refractivity contribution in [2.24, 2.45) is 5.41 Å². The fraction of sp³-hybridized carbons (Fsp3) is 0.533. The van der Waals surface area contributed by atoms with E-state index < -0.39 is 0 Å². The van der Waals surface area contributed by atoms with Gasteiger partial charge in [-0.25, -0.2) is 4.98 Å². The summed E-state index contributed by atoms with van der Waals surface area (Å²) in [5.74, 6) is 0. The molecule has 0 amide bonds. The minimum Gasteiger partial charge on any atom is -0.308 e. The summed E-state index contributed by atoms with van der Waals surface area (Å²) in [5, 5.41) is 3.64. The van der Waals surface area contributed by atoms with Crippen LogP contribution < -0.4 is 5.32 Å². The van der Waals surface area contributed by atoms with Gasteiger partial charge in [-0.2, -0.15) is 0 Å². The highest BCUT2D eigenvalue weighted by molar-refractivity contribution is 5.39. The second-order valence-corrected chi connectivity index (χ2v) is 6.18. The quantitative estimate of drug-likeness (QED) is 0.898. The molecule has 1 N–H and O–H groups in total. The van der Waals surface area contributed by atoms with Crippen LogP contribution in [-0.2, 0) is 6.54 Å². The highest BCUT2D eigenvalue weighted by atomic mass is 15.0. The summed E-state index contributed by atoms with van der Waals surface area (Å²) in [5.41, 5.74) is 2.67. The molecule has 18 heavy (non-hydrogen) atoms. The number of nitrogens with zero attached hydrogens (tertiary/aromatic N) is 2. The highest BCUT2D eigenvalue weighted by Gasteiger charge is 2.30. The Morgan fingerprint density at radius 1 is 1.44 bits per heavy atom. The van der Waals surface area contributed by atoms with Crippen LogP contribution in [0, 0.1) is 5.41 Å². The lowest BCUT2D eigenvalue weighted by Crippen LogP contribution is -2.26. The van der Waals surface area contributed by atoms with Crippen molar-refractivity contribution in [3.05, 3.63) is 36.3 Å². The monoisotopic (exact) mass is 243 g/mol. The van der Waals surface area contributed by atoms with E-state index in [-0.39, 0.29) is 0 Å². The second kappa shape index (κ2) is 4.39. The number of pyridine rings is 1. The Morgan fingerprint density at radius 2 is 2.33 bits per heavy atom. The zero-order chi connectivity index (χ0) is 12.6. The molecule has 0 spiro atoms. The molecule has 3 nitrogen and oxygen atoms in total. The lowest BCUT2D eigenvalue weighted by molar-refractivity contribution is 0.364. The van der Waals surface area contributed by atoms with Crippen LogP contribution in [-0.4, -0.2) is 15.4 Å². The van der Waals surface area contributed by atoms with Gasteiger partial charge in [-0.3, -0.25) is 0 Å². The Labute approximate surface area is 108 Å². The lowest BCUT2D eigenvalue weighted by Gasteiger charge is -2.17. The summed E-state index contributed by atoms with van der Waals surface area (Å²) in [6, 6.07) is 6.76. The molecule has 0 bridgehead atoms. The third-order valence-electron chi connectivity index (χ3n) is 3.95. The molecule has 0 aromatic carbocycles. The van der Waals surface area contributed by atoms with E-state index in [0.717, 1.165) is 17.9 Å². The first-order valence-corrected chi connectivity index (χ1v) is 6.78. The van der Waals surface area contributed by atoms with Gasteiger partial charge in [0.05, 0.1) is 5.69 Å². The molecule has 0 radical (unpaired) electrons. The first-order valence-electron chi connectivity index (χ1n) is 6.78. The minimum atomic E-state index is 0.510. The fourth-order valence-corrected chi connectivity index (χ4v) is 2.93. The van der Waals surface area contributed by atoms with Crippen molar-refractivity contribution < 1.29 is 0 Å². The smallest absolute Gasteiger partial charge is 0.137 e. The maximum Gasteiger partial charge on any atom is 0.137 e. The molecule has 2 aromatic heterocycles. The number of aromatic nitrogens is 2. The third-order valence-corrected chi connectivity index (χ3v) is 3.95. The van der Waals surface area contributed by atoms with Crippen LogP contribution in [0.5, 0.6) is 0 Å². The van der Waals surface area contributed by atoms with Crippen LogP contribution in [0.3, 0.4) is 0 Å². The van der Waals surface area contributed by atoms with Crippen molar-refractivity contribution >= 4 is 5.65 Å². The summed E-state index contributed by atoms with van der Waals surface area (Å²) in [6.07, 6.45) is 8.06. The third kappa shape index (κ3) is 2.41. The zero-order valence-corrected chi connectivity index (χ0v) is 11.2. The molecule has 2 heterocycles. The number of rotatable bonds is 3. The number of fused-ring (bicyclic) bond motifs is 1. The van der Waals surface area contributed by atoms with E-state index in [1.165, 1.54) is 19.3 Å². The molecule has 3 rings (SSSR count). The highest BCUT2D eigenvalue weighted by Crippen LogP contribution is 2.36. The molecule has 3 heteroatoms. The molecule has 1 atom stereocenters. The van der Waals surface area contributed by atoms with Gasteiger partial charge in [0.25, 0.3) is 0 Å². The van der Waals surface area contributed by atoms with Gasteiger partial charge in [-0.05, 0) is 36.8 Å². The fourth-order valence-electron chi connectivity index (χ4n) is 2.93. The molecule has 1 aliphatic rings. The van der Waals surface area contributed by atoms with Gasteiger partial charge in [-0.1, -0.05) is 19.9 Å². The maximum atomic E-state index is 4.61. The molecule has 2 aromatic rings. The van der Waals surface area contributed by atoms with E-state index in [9.17, 15) is 0 Å². The summed E-state index contributed by atoms with van der Waals surface area (Å²) in [6.45, 7) is 5.60. The molecule has 1 saturated carbocycles. The van der Waals surface area contributed by atoms with Crippen LogP contribution in [0.25, 0.3) is 5.65 Å². The number of hydrogen-bond donors (Lipinski definition) is 1. The van der Waals surface area contributed by atoms with Gasteiger partial charge in [0.2, 0.25) is 0 Å². The molecule has 0 aliphatic heterocycles. The number of nitrogens with one attached hydrogen (secondary N) is 1. The van der Waals surface area contributed by atoms with Crippen LogP contribution in [0.4, 0.5) is 0 Å². The van der Waals surface area contributed by atoms with Gasteiger partial charge >= 0.3 is 0 Å². The molecular weight excluding hydrogens is 222 g/mol. The van der Waals surface area contributed by atoms with Crippen LogP contribution >= 0.6 is 0 Å². The van der Waals surface area contributed by atoms with Gasteiger partial charge in [0.1, 0.15) is 5.65 Å². The summed E-state index contributed by atoms with van der Waals surface area (Å²) in [4.78, 5) is 4.61. The van der Waals surface area contributed by atoms with Gasteiger partial charge in [0, 0.05) is 25.0 Å². The average Bonchev–Trinajstić information content (AvgIpc) is 2.89. The number of imidazole rings is 1. The second-order valence-electron chi connectivity index (χ2n) is 6.18. The minimum absolute atomic E-state index is 0.510. The Balaban J connectivity index is 1.63. The van der Waals surface area contributed by atoms with E-state index in [1.54, 1.807) is 0 Å². The predicted octanol–water partition coefficient (Wildman–Crippen LogP) is 3.00. The number of hydrogen-bond acceptors (Lipinski definition) is 2. The lowest BCUT2D eigenvalue weighted by atomic mass is 9.92. The molecule has 1 unspecified atom stereocenters. The molecule has 1 fully saturated rings. The van der Waals surface area contributed by atoms with Crippen molar-refractivity contribution in [2.75, 3.05) is 0 Å². The van der Waals surface area contributed by atoms with Crippen LogP contribution in [0.1, 0.15) is 38.8 Å². The largest absolute Gasteiger partial charge is 0.308 e. The van der Waals surface area contributed by atoms with Gasteiger partial charge in [-0.15, -0.1) is 0 Å². The predicted molar refractivity (Wildman–Crippen MR) is 73.5 cm³/mol. The standard InChI is InChI=1S/C15H21N3/c1-15(2)7-6-12(9-15)16-10-13-11-18-8-4-3-5-14(18)17-13/h3-5,8,11-12,16H,6-7,9-10H2,1-2H3. The molecule has 0 saturated heterocycles. The van der Waals surface area contributed by atoms with E-state index in [4.69, 9.17) is 0 Å². The Morgan fingerprint density at radius 3 is 3.06 bits per heavy atom. The average molecular weight is 243 g/mol. The van der Waals surface area contributed by atoms with Crippen LogP contribution in [0.2, 0.25) is 0 Å². The Bertz CT molecular complexity index is 508. The van der Waals surface area contributed by atoms with E-state index >= 15 is 0 Å².